The molecule has 0 aliphatic carbocycles. The molecule has 0 radical (unpaired) electrons. The Morgan fingerprint density at radius 2 is 1.79 bits per heavy atom. The van der Waals surface area contributed by atoms with Crippen LogP contribution in [0.1, 0.15) is 13.3 Å². The molecule has 0 saturated heterocycles. The lowest BCUT2D eigenvalue weighted by Gasteiger charge is -2.10. The largest absolute Gasteiger partial charge is 0.326 e. The highest BCUT2D eigenvalue weighted by atomic mass is 35.7. The number of hydrogen-bond donors (Lipinski definition) is 1. The lowest BCUT2D eigenvalue weighted by Crippen LogP contribution is -2.10. The Labute approximate surface area is 115 Å². The minimum Gasteiger partial charge on any atom is -0.326 e. The smallest absolute Gasteiger partial charge is 0.261 e. The molecule has 0 spiro atoms. The van der Waals surface area contributed by atoms with Gasteiger partial charge in [0.15, 0.2) is 0 Å². The van der Waals surface area contributed by atoms with Crippen LogP contribution in [0.4, 0.5) is 5.69 Å². The summed E-state index contributed by atoms with van der Waals surface area (Å²) in [6.45, 7) is 1.75. The van der Waals surface area contributed by atoms with E-state index in [0.717, 1.165) is 0 Å². The van der Waals surface area contributed by atoms with Gasteiger partial charge in [0.2, 0.25) is 5.91 Å². The standard InChI is InChI=1S/C13H12ClNO3S/c1-2-13(16)15-11-7-8-12(19(14,17)18)10-6-4-3-5-9(10)11/h3-8H,2H2,1H3,(H,15,16). The zero-order chi connectivity index (χ0) is 14.0. The van der Waals surface area contributed by atoms with Gasteiger partial charge in [-0.3, -0.25) is 4.79 Å². The normalized spacial score (nSPS) is 11.5. The van der Waals surface area contributed by atoms with Crippen LogP contribution in [0.5, 0.6) is 0 Å². The Kier molecular flexibility index (Phi) is 3.78. The van der Waals surface area contributed by atoms with Crippen LogP contribution in [-0.4, -0.2) is 14.3 Å². The van der Waals surface area contributed by atoms with Crippen molar-refractivity contribution in [3.8, 4) is 0 Å². The van der Waals surface area contributed by atoms with Crippen LogP contribution in [0.3, 0.4) is 0 Å². The van der Waals surface area contributed by atoms with Crippen molar-refractivity contribution >= 4 is 42.1 Å². The van der Waals surface area contributed by atoms with Gasteiger partial charge in [0.05, 0.1) is 4.90 Å². The molecule has 6 heteroatoms. The summed E-state index contributed by atoms with van der Waals surface area (Å²) in [5, 5.41) is 3.87. The van der Waals surface area contributed by atoms with Crippen LogP contribution in [-0.2, 0) is 13.8 Å². The van der Waals surface area contributed by atoms with Crippen molar-refractivity contribution in [3.63, 3.8) is 0 Å². The van der Waals surface area contributed by atoms with E-state index in [1.54, 1.807) is 37.3 Å². The second-order valence-electron chi connectivity index (χ2n) is 4.00. The number of carbonyl (C=O) groups excluding carboxylic acids is 1. The Hall–Kier alpha value is -1.59. The first-order valence-electron chi connectivity index (χ1n) is 5.69. The van der Waals surface area contributed by atoms with Crippen molar-refractivity contribution in [3.05, 3.63) is 36.4 Å². The molecule has 0 heterocycles. The molecule has 4 nitrogen and oxygen atoms in total. The lowest BCUT2D eigenvalue weighted by atomic mass is 10.1. The molecule has 0 aliphatic heterocycles. The second-order valence-corrected chi connectivity index (χ2v) is 6.53. The summed E-state index contributed by atoms with van der Waals surface area (Å²) in [4.78, 5) is 11.5. The predicted octanol–water partition coefficient (Wildman–Crippen LogP) is 3.12. The molecule has 2 rings (SSSR count). The first-order valence-corrected chi connectivity index (χ1v) is 8.00. The molecule has 0 bridgehead atoms. The number of fused-ring (bicyclic) bond motifs is 1. The van der Waals surface area contributed by atoms with Gasteiger partial charge in [0, 0.05) is 33.6 Å². The molecular weight excluding hydrogens is 286 g/mol. The van der Waals surface area contributed by atoms with E-state index in [4.69, 9.17) is 10.7 Å². The molecule has 2 aromatic rings. The number of carbonyl (C=O) groups is 1. The van der Waals surface area contributed by atoms with E-state index < -0.39 is 9.05 Å². The van der Waals surface area contributed by atoms with Gasteiger partial charge in [-0.05, 0) is 12.1 Å². The SMILES string of the molecule is CCC(=O)Nc1ccc(S(=O)(=O)Cl)c2ccccc12. The van der Waals surface area contributed by atoms with Gasteiger partial charge >= 0.3 is 0 Å². The summed E-state index contributed by atoms with van der Waals surface area (Å²) in [5.74, 6) is -0.133. The number of halogens is 1. The van der Waals surface area contributed by atoms with Crippen LogP contribution in [0.25, 0.3) is 10.8 Å². The highest BCUT2D eigenvalue weighted by Gasteiger charge is 2.16. The summed E-state index contributed by atoms with van der Waals surface area (Å²) in [6.07, 6.45) is 0.351. The van der Waals surface area contributed by atoms with Crippen molar-refractivity contribution in [1.29, 1.82) is 0 Å². The molecule has 0 aliphatic rings. The van der Waals surface area contributed by atoms with Crippen LogP contribution < -0.4 is 5.32 Å². The predicted molar refractivity (Wildman–Crippen MR) is 75.9 cm³/mol. The van der Waals surface area contributed by atoms with Crippen LogP contribution >= 0.6 is 10.7 Å². The molecular formula is C13H12ClNO3S. The van der Waals surface area contributed by atoms with E-state index in [-0.39, 0.29) is 10.8 Å². The van der Waals surface area contributed by atoms with Crippen molar-refractivity contribution < 1.29 is 13.2 Å². The molecule has 0 fully saturated rings. The number of benzene rings is 2. The summed E-state index contributed by atoms with van der Waals surface area (Å²) in [5.41, 5.74) is 0.575. The monoisotopic (exact) mass is 297 g/mol. The minimum absolute atomic E-state index is 0.0410. The molecule has 1 amide bonds. The van der Waals surface area contributed by atoms with Crippen molar-refractivity contribution in [2.24, 2.45) is 0 Å². The maximum atomic E-state index is 11.5. The van der Waals surface area contributed by atoms with E-state index in [2.05, 4.69) is 5.32 Å². The number of nitrogens with one attached hydrogen (secondary N) is 1. The van der Waals surface area contributed by atoms with Gasteiger partial charge in [0.1, 0.15) is 0 Å². The topological polar surface area (TPSA) is 63.2 Å². The molecule has 2 aromatic carbocycles. The zero-order valence-electron chi connectivity index (χ0n) is 10.2. The lowest BCUT2D eigenvalue weighted by molar-refractivity contribution is -0.115. The second kappa shape index (κ2) is 5.19. The molecule has 0 unspecified atom stereocenters. The molecule has 1 N–H and O–H groups in total. The average molecular weight is 298 g/mol. The Morgan fingerprint density at radius 3 is 2.37 bits per heavy atom. The Balaban J connectivity index is 2.69. The summed E-state index contributed by atoms with van der Waals surface area (Å²) < 4.78 is 23.0. The highest BCUT2D eigenvalue weighted by molar-refractivity contribution is 8.14. The van der Waals surface area contributed by atoms with Crippen LogP contribution in [0.15, 0.2) is 41.3 Å². The maximum absolute atomic E-state index is 11.5. The summed E-state index contributed by atoms with van der Waals surface area (Å²) in [6, 6.07) is 9.84. The van der Waals surface area contributed by atoms with Gasteiger partial charge in [-0.15, -0.1) is 0 Å². The third kappa shape index (κ3) is 2.88. The molecule has 100 valence electrons. The van der Waals surface area contributed by atoms with Crippen molar-refractivity contribution in [2.45, 2.75) is 18.2 Å². The number of rotatable bonds is 3. The van der Waals surface area contributed by atoms with Crippen molar-refractivity contribution in [1.82, 2.24) is 0 Å². The van der Waals surface area contributed by atoms with E-state index in [1.807, 2.05) is 0 Å². The van der Waals surface area contributed by atoms with E-state index in [9.17, 15) is 13.2 Å². The first-order chi connectivity index (χ1) is 8.93. The van der Waals surface area contributed by atoms with Gasteiger partial charge in [-0.2, -0.15) is 0 Å². The average Bonchev–Trinajstić information content (AvgIpc) is 2.37. The van der Waals surface area contributed by atoms with Crippen molar-refractivity contribution in [2.75, 3.05) is 5.32 Å². The number of hydrogen-bond acceptors (Lipinski definition) is 3. The Morgan fingerprint density at radius 1 is 1.16 bits per heavy atom. The quantitative estimate of drug-likeness (QED) is 0.885. The Bertz CT molecular complexity index is 741. The van der Waals surface area contributed by atoms with Crippen LogP contribution in [0.2, 0.25) is 0 Å². The summed E-state index contributed by atoms with van der Waals surface area (Å²) in [7, 11) is 1.59. The fourth-order valence-electron chi connectivity index (χ4n) is 1.83. The van der Waals surface area contributed by atoms with E-state index in [0.29, 0.717) is 22.9 Å². The molecule has 19 heavy (non-hydrogen) atoms. The summed E-state index contributed by atoms with van der Waals surface area (Å²) >= 11 is 0. The molecule has 0 atom stereocenters. The zero-order valence-corrected chi connectivity index (χ0v) is 11.8. The van der Waals surface area contributed by atoms with Gasteiger partial charge in [0.25, 0.3) is 9.05 Å². The third-order valence-electron chi connectivity index (χ3n) is 2.74. The van der Waals surface area contributed by atoms with Gasteiger partial charge < -0.3 is 5.32 Å². The fourth-order valence-corrected chi connectivity index (χ4v) is 2.91. The molecule has 0 saturated carbocycles. The van der Waals surface area contributed by atoms with Gasteiger partial charge in [-0.1, -0.05) is 31.2 Å². The minimum atomic E-state index is -3.82. The van der Waals surface area contributed by atoms with E-state index >= 15 is 0 Å². The first kappa shape index (κ1) is 13.8. The van der Waals surface area contributed by atoms with E-state index in [1.165, 1.54) is 6.07 Å². The highest BCUT2D eigenvalue weighted by Crippen LogP contribution is 2.31. The van der Waals surface area contributed by atoms with Crippen LogP contribution in [0, 0.1) is 0 Å². The maximum Gasteiger partial charge on any atom is 0.261 e. The van der Waals surface area contributed by atoms with Gasteiger partial charge in [-0.25, -0.2) is 8.42 Å². The number of amides is 1. The number of anilines is 1. The molecule has 0 aromatic heterocycles. The fraction of sp³-hybridized carbons (Fsp3) is 0.154. The third-order valence-corrected chi connectivity index (χ3v) is 4.12.